The molecule has 0 aliphatic rings. The molecule has 2 aromatic rings. The summed E-state index contributed by atoms with van der Waals surface area (Å²) >= 11 is 0. The SMILES string of the molecule is COc1ccc(C(=O)/C=C/Nc2ccc(S(C)(=O)=O)cc2)cc1OC. The van der Waals surface area contributed by atoms with E-state index in [1.807, 2.05) is 0 Å². The van der Waals surface area contributed by atoms with Crippen molar-refractivity contribution >= 4 is 21.3 Å². The molecule has 0 aliphatic carbocycles. The monoisotopic (exact) mass is 361 g/mol. The van der Waals surface area contributed by atoms with Gasteiger partial charge in [0, 0.05) is 29.8 Å². The molecule has 0 spiro atoms. The Labute approximate surface area is 147 Å². The molecule has 25 heavy (non-hydrogen) atoms. The summed E-state index contributed by atoms with van der Waals surface area (Å²) in [5, 5.41) is 2.92. The van der Waals surface area contributed by atoms with Crippen molar-refractivity contribution in [3.8, 4) is 11.5 Å². The van der Waals surface area contributed by atoms with Gasteiger partial charge in [-0.25, -0.2) is 8.42 Å². The molecule has 7 heteroatoms. The molecule has 1 N–H and O–H groups in total. The lowest BCUT2D eigenvalue weighted by atomic mass is 10.1. The molecule has 0 fully saturated rings. The van der Waals surface area contributed by atoms with Crippen LogP contribution in [-0.2, 0) is 9.84 Å². The van der Waals surface area contributed by atoms with E-state index in [0.29, 0.717) is 22.7 Å². The van der Waals surface area contributed by atoms with Crippen molar-refractivity contribution in [3.05, 3.63) is 60.3 Å². The summed E-state index contributed by atoms with van der Waals surface area (Å²) < 4.78 is 33.1. The molecule has 0 saturated carbocycles. The van der Waals surface area contributed by atoms with E-state index in [9.17, 15) is 13.2 Å². The molecule has 0 radical (unpaired) electrons. The van der Waals surface area contributed by atoms with Crippen LogP contribution in [0.3, 0.4) is 0 Å². The van der Waals surface area contributed by atoms with Gasteiger partial charge in [0.15, 0.2) is 27.1 Å². The summed E-state index contributed by atoms with van der Waals surface area (Å²) in [5.41, 5.74) is 1.13. The normalized spacial score (nSPS) is 11.3. The Morgan fingerprint density at radius 1 is 1.00 bits per heavy atom. The van der Waals surface area contributed by atoms with E-state index in [2.05, 4.69) is 5.32 Å². The van der Waals surface area contributed by atoms with E-state index in [0.717, 1.165) is 6.26 Å². The number of carbonyl (C=O) groups excluding carboxylic acids is 1. The molecular formula is C18H19NO5S. The molecule has 0 atom stereocenters. The minimum Gasteiger partial charge on any atom is -0.493 e. The van der Waals surface area contributed by atoms with Crippen LogP contribution in [0.4, 0.5) is 5.69 Å². The number of hydrogen-bond donors (Lipinski definition) is 1. The van der Waals surface area contributed by atoms with Crippen molar-refractivity contribution in [1.82, 2.24) is 0 Å². The van der Waals surface area contributed by atoms with Crippen LogP contribution in [0.2, 0.25) is 0 Å². The minimum atomic E-state index is -3.22. The third-order valence-corrected chi connectivity index (χ3v) is 4.56. The minimum absolute atomic E-state index is 0.207. The first kappa shape index (κ1) is 18.5. The van der Waals surface area contributed by atoms with Gasteiger partial charge in [0.1, 0.15) is 0 Å². The smallest absolute Gasteiger partial charge is 0.187 e. The Kier molecular flexibility index (Phi) is 5.82. The van der Waals surface area contributed by atoms with Crippen LogP contribution in [0.25, 0.3) is 0 Å². The first-order valence-corrected chi connectivity index (χ1v) is 9.24. The molecule has 0 amide bonds. The summed E-state index contributed by atoms with van der Waals surface area (Å²) in [5.74, 6) is 0.819. The van der Waals surface area contributed by atoms with Gasteiger partial charge in [-0.2, -0.15) is 0 Å². The van der Waals surface area contributed by atoms with Gasteiger partial charge in [-0.3, -0.25) is 4.79 Å². The maximum absolute atomic E-state index is 12.2. The van der Waals surface area contributed by atoms with Crippen LogP contribution < -0.4 is 14.8 Å². The fourth-order valence-electron chi connectivity index (χ4n) is 2.10. The third-order valence-electron chi connectivity index (χ3n) is 3.44. The maximum atomic E-state index is 12.2. The van der Waals surface area contributed by atoms with Crippen LogP contribution in [0.5, 0.6) is 11.5 Å². The third kappa shape index (κ3) is 4.84. The topological polar surface area (TPSA) is 81.7 Å². The Balaban J connectivity index is 2.05. The molecule has 0 aliphatic heterocycles. The lowest BCUT2D eigenvalue weighted by Crippen LogP contribution is -1.99. The van der Waals surface area contributed by atoms with Crippen LogP contribution in [-0.4, -0.2) is 34.7 Å². The highest BCUT2D eigenvalue weighted by atomic mass is 32.2. The fourth-order valence-corrected chi connectivity index (χ4v) is 2.73. The zero-order valence-electron chi connectivity index (χ0n) is 14.1. The molecule has 2 aromatic carbocycles. The second-order valence-electron chi connectivity index (χ2n) is 5.21. The van der Waals surface area contributed by atoms with Gasteiger partial charge in [0.25, 0.3) is 0 Å². The number of benzene rings is 2. The second kappa shape index (κ2) is 7.85. The van der Waals surface area contributed by atoms with Gasteiger partial charge in [-0.05, 0) is 42.5 Å². The predicted octanol–water partition coefficient (Wildman–Crippen LogP) is 2.92. The molecule has 0 heterocycles. The molecule has 0 aromatic heterocycles. The van der Waals surface area contributed by atoms with Crippen LogP contribution in [0.1, 0.15) is 10.4 Å². The summed E-state index contributed by atoms with van der Waals surface area (Å²) in [6.45, 7) is 0. The number of sulfone groups is 1. The Morgan fingerprint density at radius 2 is 1.64 bits per heavy atom. The van der Waals surface area contributed by atoms with Gasteiger partial charge in [0.05, 0.1) is 19.1 Å². The fraction of sp³-hybridized carbons (Fsp3) is 0.167. The number of ketones is 1. The van der Waals surface area contributed by atoms with Gasteiger partial charge < -0.3 is 14.8 Å². The first-order valence-electron chi connectivity index (χ1n) is 7.34. The van der Waals surface area contributed by atoms with Gasteiger partial charge in [-0.1, -0.05) is 0 Å². The first-order chi connectivity index (χ1) is 11.8. The molecule has 2 rings (SSSR count). The van der Waals surface area contributed by atoms with E-state index < -0.39 is 9.84 Å². The number of methoxy groups -OCH3 is 2. The van der Waals surface area contributed by atoms with Crippen LogP contribution in [0, 0.1) is 0 Å². The molecule has 0 bridgehead atoms. The standard InChI is InChI=1S/C18H19NO5S/c1-23-17-9-4-13(12-18(17)24-2)16(20)10-11-19-14-5-7-15(8-6-14)25(3,21)22/h4-12,19H,1-3H3/b11-10+. The Bertz CT molecular complexity index is 886. The van der Waals surface area contributed by atoms with E-state index in [-0.39, 0.29) is 10.7 Å². The molecule has 0 saturated heterocycles. The maximum Gasteiger partial charge on any atom is 0.187 e. The number of ether oxygens (including phenoxy) is 2. The average molecular weight is 361 g/mol. The number of anilines is 1. The van der Waals surface area contributed by atoms with Crippen molar-refractivity contribution in [2.24, 2.45) is 0 Å². The lowest BCUT2D eigenvalue weighted by Gasteiger charge is -2.08. The summed E-state index contributed by atoms with van der Waals surface area (Å²) in [6, 6.07) is 11.2. The van der Waals surface area contributed by atoms with Gasteiger partial charge in [-0.15, -0.1) is 0 Å². The number of allylic oxidation sites excluding steroid dienone is 1. The quantitative estimate of drug-likeness (QED) is 0.603. The molecular weight excluding hydrogens is 342 g/mol. The van der Waals surface area contributed by atoms with Crippen molar-refractivity contribution in [2.75, 3.05) is 25.8 Å². The average Bonchev–Trinajstić information content (AvgIpc) is 2.60. The van der Waals surface area contributed by atoms with Gasteiger partial charge >= 0.3 is 0 Å². The van der Waals surface area contributed by atoms with E-state index in [1.165, 1.54) is 38.6 Å². The summed E-state index contributed by atoms with van der Waals surface area (Å²) in [6.07, 6.45) is 4.03. The largest absolute Gasteiger partial charge is 0.493 e. The molecule has 132 valence electrons. The summed E-state index contributed by atoms with van der Waals surface area (Å²) in [4.78, 5) is 12.4. The van der Waals surface area contributed by atoms with E-state index >= 15 is 0 Å². The Morgan fingerprint density at radius 3 is 2.20 bits per heavy atom. The summed E-state index contributed by atoms with van der Waals surface area (Å²) in [7, 11) is -0.194. The molecule has 6 nitrogen and oxygen atoms in total. The number of rotatable bonds is 7. The van der Waals surface area contributed by atoms with E-state index in [1.54, 1.807) is 30.3 Å². The lowest BCUT2D eigenvalue weighted by molar-refractivity contribution is 0.104. The second-order valence-corrected chi connectivity index (χ2v) is 7.22. The number of carbonyl (C=O) groups is 1. The number of nitrogens with one attached hydrogen (secondary N) is 1. The zero-order valence-corrected chi connectivity index (χ0v) is 15.0. The van der Waals surface area contributed by atoms with Crippen molar-refractivity contribution < 1.29 is 22.7 Å². The number of hydrogen-bond acceptors (Lipinski definition) is 6. The van der Waals surface area contributed by atoms with Crippen molar-refractivity contribution in [1.29, 1.82) is 0 Å². The van der Waals surface area contributed by atoms with Crippen LogP contribution in [0.15, 0.2) is 59.6 Å². The predicted molar refractivity (Wildman–Crippen MR) is 96.2 cm³/mol. The van der Waals surface area contributed by atoms with E-state index in [4.69, 9.17) is 9.47 Å². The Hall–Kier alpha value is -2.80. The highest BCUT2D eigenvalue weighted by Gasteiger charge is 2.09. The van der Waals surface area contributed by atoms with Crippen molar-refractivity contribution in [3.63, 3.8) is 0 Å². The highest BCUT2D eigenvalue weighted by molar-refractivity contribution is 7.90. The highest BCUT2D eigenvalue weighted by Crippen LogP contribution is 2.27. The molecule has 0 unspecified atom stereocenters. The van der Waals surface area contributed by atoms with Crippen molar-refractivity contribution in [2.45, 2.75) is 4.90 Å². The van der Waals surface area contributed by atoms with Crippen LogP contribution >= 0.6 is 0 Å². The van der Waals surface area contributed by atoms with Gasteiger partial charge in [0.2, 0.25) is 0 Å². The zero-order chi connectivity index (χ0) is 18.4.